The van der Waals surface area contributed by atoms with Crippen LogP contribution < -0.4 is 0 Å². The van der Waals surface area contributed by atoms with Gasteiger partial charge in [-0.25, -0.2) is 0 Å². The summed E-state index contributed by atoms with van der Waals surface area (Å²) in [6.07, 6.45) is 0. The molecule has 0 radical (unpaired) electrons. The van der Waals surface area contributed by atoms with Crippen LogP contribution in [-0.2, 0) is 4.74 Å². The van der Waals surface area contributed by atoms with Crippen LogP contribution in [0, 0.1) is 11.3 Å². The molecule has 0 bridgehead atoms. The van der Waals surface area contributed by atoms with Gasteiger partial charge >= 0.3 is 0 Å². The third-order valence-corrected chi connectivity index (χ3v) is 2.28. The van der Waals surface area contributed by atoms with Crippen molar-refractivity contribution in [3.63, 3.8) is 0 Å². The predicted octanol–water partition coefficient (Wildman–Crippen LogP) is 2.19. The lowest BCUT2D eigenvalue weighted by Crippen LogP contribution is -2.17. The number of ether oxygens (including phenoxy) is 1. The highest BCUT2D eigenvalue weighted by molar-refractivity contribution is 5.01. The lowest BCUT2D eigenvalue weighted by Gasteiger charge is -2.18. The molecule has 1 atom stereocenters. The molecule has 0 amide bonds. The van der Waals surface area contributed by atoms with Gasteiger partial charge in [0.15, 0.2) is 0 Å². The molecule has 1 unspecified atom stereocenters. The second kappa shape index (κ2) is 1.76. The first-order valence-corrected chi connectivity index (χ1v) is 3.35. The van der Waals surface area contributed by atoms with Gasteiger partial charge in [-0.05, 0) is 0 Å². The summed E-state index contributed by atoms with van der Waals surface area (Å²) in [5.41, 5.74) is 0.303. The van der Waals surface area contributed by atoms with E-state index in [1.807, 2.05) is 0 Å². The Hall–Kier alpha value is -0.460. The Labute approximate surface area is 56.7 Å². The first-order valence-electron chi connectivity index (χ1n) is 3.35. The number of allylic oxidation sites excluding steroid dienone is 1. The Bertz CT molecular complexity index is 136. The molecule has 0 aliphatic carbocycles. The molecule has 52 valence electrons. The summed E-state index contributed by atoms with van der Waals surface area (Å²) in [6, 6.07) is 0. The van der Waals surface area contributed by atoms with Crippen molar-refractivity contribution in [1.29, 1.82) is 0 Å². The lowest BCUT2D eigenvalue weighted by atomic mass is 9.82. The Balaban J connectivity index is 2.73. The van der Waals surface area contributed by atoms with Crippen LogP contribution in [0.4, 0.5) is 0 Å². The molecule has 0 spiro atoms. The normalized spacial score (nSPS) is 32.3. The van der Waals surface area contributed by atoms with Gasteiger partial charge in [0.25, 0.3) is 0 Å². The highest BCUT2D eigenvalue weighted by Gasteiger charge is 2.35. The van der Waals surface area contributed by atoms with Crippen LogP contribution in [0.3, 0.4) is 0 Å². The van der Waals surface area contributed by atoms with Crippen molar-refractivity contribution in [3.8, 4) is 0 Å². The summed E-state index contributed by atoms with van der Waals surface area (Å²) in [7, 11) is 0. The van der Waals surface area contributed by atoms with Gasteiger partial charge in [0.05, 0.1) is 12.4 Å². The maximum atomic E-state index is 5.29. The molecule has 9 heavy (non-hydrogen) atoms. The van der Waals surface area contributed by atoms with Crippen molar-refractivity contribution >= 4 is 0 Å². The fourth-order valence-corrected chi connectivity index (χ4v) is 0.965. The highest BCUT2D eigenvalue weighted by Crippen LogP contribution is 2.38. The van der Waals surface area contributed by atoms with Crippen LogP contribution in [0.2, 0.25) is 0 Å². The molecule has 1 heteroatoms. The number of hydrogen-bond acceptors (Lipinski definition) is 1. The van der Waals surface area contributed by atoms with Gasteiger partial charge in [-0.1, -0.05) is 27.4 Å². The van der Waals surface area contributed by atoms with Crippen molar-refractivity contribution in [2.24, 2.45) is 11.3 Å². The lowest BCUT2D eigenvalue weighted by molar-refractivity contribution is 0.202. The smallest absolute Gasteiger partial charge is 0.0935 e. The van der Waals surface area contributed by atoms with Gasteiger partial charge in [0.1, 0.15) is 0 Å². The average Bonchev–Trinajstić information content (AvgIpc) is 1.97. The van der Waals surface area contributed by atoms with Crippen LogP contribution in [0.5, 0.6) is 0 Å². The van der Waals surface area contributed by atoms with Gasteiger partial charge in [0.2, 0.25) is 0 Å². The fourth-order valence-electron chi connectivity index (χ4n) is 0.965. The first-order chi connectivity index (χ1) is 4.04. The molecule has 1 heterocycles. The summed E-state index contributed by atoms with van der Waals surface area (Å²) in [4.78, 5) is 0. The topological polar surface area (TPSA) is 9.23 Å². The summed E-state index contributed by atoms with van der Waals surface area (Å²) in [5, 5.41) is 0. The van der Waals surface area contributed by atoms with Crippen molar-refractivity contribution in [1.82, 2.24) is 0 Å². The zero-order valence-electron chi connectivity index (χ0n) is 6.40. The van der Waals surface area contributed by atoms with E-state index in [9.17, 15) is 0 Å². The average molecular weight is 126 g/mol. The van der Waals surface area contributed by atoms with Gasteiger partial charge in [-0.15, -0.1) is 0 Å². The third-order valence-electron chi connectivity index (χ3n) is 2.28. The molecule has 1 nitrogen and oxygen atoms in total. The maximum Gasteiger partial charge on any atom is 0.0935 e. The van der Waals surface area contributed by atoms with Crippen molar-refractivity contribution in [3.05, 3.63) is 12.3 Å². The minimum atomic E-state index is 0.303. The summed E-state index contributed by atoms with van der Waals surface area (Å²) < 4.78 is 5.29. The Morgan fingerprint density at radius 2 is 2.22 bits per heavy atom. The van der Waals surface area contributed by atoms with Crippen LogP contribution in [0.15, 0.2) is 12.3 Å². The van der Waals surface area contributed by atoms with Gasteiger partial charge in [0, 0.05) is 11.3 Å². The Kier molecular flexibility index (Phi) is 1.30. The molecule has 0 aromatic heterocycles. The van der Waals surface area contributed by atoms with Crippen LogP contribution >= 0.6 is 0 Å². The van der Waals surface area contributed by atoms with E-state index in [2.05, 4.69) is 27.4 Å². The molecule has 1 rings (SSSR count). The van der Waals surface area contributed by atoms with E-state index in [0.717, 1.165) is 12.4 Å². The summed E-state index contributed by atoms with van der Waals surface area (Å²) in [5.74, 6) is 1.46. The Morgan fingerprint density at radius 1 is 1.67 bits per heavy atom. The van der Waals surface area contributed by atoms with E-state index >= 15 is 0 Å². The van der Waals surface area contributed by atoms with E-state index in [-0.39, 0.29) is 0 Å². The molecule has 0 aromatic rings. The molecule has 0 aromatic carbocycles. The monoisotopic (exact) mass is 126 g/mol. The molecule has 1 aliphatic heterocycles. The quantitative estimate of drug-likeness (QED) is 0.483. The zero-order valence-corrected chi connectivity index (χ0v) is 6.40. The minimum Gasteiger partial charge on any atom is -0.498 e. The van der Waals surface area contributed by atoms with Gasteiger partial charge < -0.3 is 4.74 Å². The van der Waals surface area contributed by atoms with Crippen LogP contribution in [0.1, 0.15) is 20.8 Å². The second-order valence-corrected chi connectivity index (χ2v) is 3.47. The van der Waals surface area contributed by atoms with E-state index in [4.69, 9.17) is 4.74 Å². The molecule has 0 N–H and O–H groups in total. The van der Waals surface area contributed by atoms with E-state index in [1.54, 1.807) is 0 Å². The maximum absolute atomic E-state index is 5.29. The van der Waals surface area contributed by atoms with Crippen LogP contribution in [-0.4, -0.2) is 6.61 Å². The summed E-state index contributed by atoms with van der Waals surface area (Å²) in [6.45, 7) is 11.2. The van der Waals surface area contributed by atoms with E-state index in [0.29, 0.717) is 11.3 Å². The molecular weight excluding hydrogens is 112 g/mol. The highest BCUT2D eigenvalue weighted by atomic mass is 16.5. The molecule has 1 aliphatic rings. The van der Waals surface area contributed by atoms with Crippen LogP contribution in [0.25, 0.3) is 0 Å². The van der Waals surface area contributed by atoms with Gasteiger partial charge in [-0.2, -0.15) is 0 Å². The zero-order chi connectivity index (χ0) is 7.07. The molecular formula is C8H14O. The van der Waals surface area contributed by atoms with Crippen molar-refractivity contribution in [2.75, 3.05) is 6.61 Å². The summed E-state index contributed by atoms with van der Waals surface area (Å²) >= 11 is 0. The standard InChI is InChI=1S/C8H14O/c1-6-7(2)9-5-8(6,3)4/h6H,2,5H2,1,3-4H3. The van der Waals surface area contributed by atoms with Crippen molar-refractivity contribution in [2.45, 2.75) is 20.8 Å². The van der Waals surface area contributed by atoms with E-state index in [1.165, 1.54) is 0 Å². The van der Waals surface area contributed by atoms with Crippen molar-refractivity contribution < 1.29 is 4.74 Å². The Morgan fingerprint density at radius 3 is 2.33 bits per heavy atom. The fraction of sp³-hybridized carbons (Fsp3) is 0.750. The number of rotatable bonds is 0. The molecule has 0 saturated carbocycles. The largest absolute Gasteiger partial charge is 0.498 e. The molecule has 1 fully saturated rings. The molecule has 1 saturated heterocycles. The number of hydrogen-bond donors (Lipinski definition) is 0. The second-order valence-electron chi connectivity index (χ2n) is 3.47. The SMILES string of the molecule is C=C1OCC(C)(C)C1C. The first kappa shape index (κ1) is 6.66. The minimum absolute atomic E-state index is 0.303. The third kappa shape index (κ3) is 0.958. The predicted molar refractivity (Wildman–Crippen MR) is 38.0 cm³/mol. The van der Waals surface area contributed by atoms with Gasteiger partial charge in [-0.3, -0.25) is 0 Å². The van der Waals surface area contributed by atoms with E-state index < -0.39 is 0 Å².